The smallest absolute Gasteiger partial charge is 0.381 e. The van der Waals surface area contributed by atoms with Gasteiger partial charge in [-0.05, 0) is 49.4 Å². The first-order valence-electron chi connectivity index (χ1n) is 14.7. The first-order chi connectivity index (χ1) is 21.5. The van der Waals surface area contributed by atoms with E-state index in [0.29, 0.717) is 31.6 Å². The second kappa shape index (κ2) is 12.8. The number of carbonyl (C=O) groups is 1. The molecule has 8 nitrogen and oxygen atoms in total. The highest BCUT2D eigenvalue weighted by Gasteiger charge is 2.60. The van der Waals surface area contributed by atoms with Crippen LogP contribution in [0.3, 0.4) is 0 Å². The number of fused-ring (bicyclic) bond motifs is 1. The van der Waals surface area contributed by atoms with E-state index in [2.05, 4.69) is 16.0 Å². The Balaban J connectivity index is 0.00000128. The highest BCUT2D eigenvalue weighted by Crippen LogP contribution is 2.51. The van der Waals surface area contributed by atoms with E-state index in [1.165, 1.54) is 0 Å². The predicted octanol–water partition coefficient (Wildman–Crippen LogP) is 5.55. The number of Topliss-reactive ketones (excluding diaryl/α,β-unsaturated/α-hetero) is 1. The lowest BCUT2D eigenvalue weighted by Gasteiger charge is -2.39. The molecule has 11 heteroatoms. The van der Waals surface area contributed by atoms with Crippen LogP contribution in [0.15, 0.2) is 79.1 Å². The maximum absolute atomic E-state index is 14.8. The number of rotatable bonds is 5. The van der Waals surface area contributed by atoms with Crippen LogP contribution in [0.2, 0.25) is 0 Å². The number of nitrogens with zero attached hydrogens (tertiary/aromatic N) is 4. The Morgan fingerprint density at radius 1 is 0.978 bits per heavy atom. The minimum atomic E-state index is -4.85. The lowest BCUT2D eigenvalue weighted by Crippen LogP contribution is -2.52. The van der Waals surface area contributed by atoms with Crippen LogP contribution >= 0.6 is 0 Å². The average molecular weight is 619 g/mol. The molecule has 2 atom stereocenters. The largest absolute Gasteiger partial charge is 0.399 e. The predicted molar refractivity (Wildman–Crippen MR) is 159 cm³/mol. The number of benzene rings is 2. The summed E-state index contributed by atoms with van der Waals surface area (Å²) in [6.07, 6.45) is -0.170. The van der Waals surface area contributed by atoms with E-state index < -0.39 is 29.5 Å². The van der Waals surface area contributed by atoms with E-state index in [0.717, 1.165) is 29.3 Å². The molecule has 1 saturated heterocycles. The van der Waals surface area contributed by atoms with Gasteiger partial charge < -0.3 is 10.0 Å². The minimum Gasteiger partial charge on any atom is -0.381 e. The molecule has 0 radical (unpaired) electrons. The molecule has 2 aliphatic rings. The number of anilines is 1. The number of aryl methyl sites for hydroxylation is 1. The zero-order chi connectivity index (χ0) is 32.4. The van der Waals surface area contributed by atoms with E-state index in [-0.39, 0.29) is 29.7 Å². The molecule has 1 N–H and O–H groups in total. The normalized spacial score (nSPS) is 20.3. The number of hydrogen-bond donors (Lipinski definition) is 1. The van der Waals surface area contributed by atoms with Gasteiger partial charge in [0.05, 0.1) is 29.7 Å². The van der Waals surface area contributed by atoms with Gasteiger partial charge in [0.2, 0.25) is 0 Å². The Labute approximate surface area is 258 Å². The Morgan fingerprint density at radius 2 is 1.53 bits per heavy atom. The van der Waals surface area contributed by atoms with E-state index in [1.54, 1.807) is 17.1 Å². The maximum atomic E-state index is 14.8. The molecular weight excluding hydrogens is 585 g/mol. The van der Waals surface area contributed by atoms with Crippen LogP contribution in [-0.2, 0) is 20.8 Å². The summed E-state index contributed by atoms with van der Waals surface area (Å²) < 4.78 is 46.2. The number of aromatic nitrogens is 3. The number of pyridine rings is 1. The minimum absolute atomic E-state index is 0.0420. The summed E-state index contributed by atoms with van der Waals surface area (Å²) in [6.45, 7) is 4.23. The van der Waals surface area contributed by atoms with E-state index in [1.807, 2.05) is 67.6 Å². The van der Waals surface area contributed by atoms with Gasteiger partial charge in [0.1, 0.15) is 17.6 Å². The topological polar surface area (TPSA) is 105 Å². The number of carbonyl (C=O) groups excluding carboxylic acids is 3. The highest BCUT2D eigenvalue weighted by atomic mass is 19.4. The molecule has 2 aromatic heterocycles. The molecule has 234 valence electrons. The van der Waals surface area contributed by atoms with Crippen LogP contribution in [0, 0.1) is 6.92 Å². The zero-order valence-electron chi connectivity index (χ0n) is 24.9. The van der Waals surface area contributed by atoms with Crippen molar-refractivity contribution in [3.63, 3.8) is 0 Å². The van der Waals surface area contributed by atoms with Crippen LogP contribution in [0.4, 0.5) is 18.9 Å². The summed E-state index contributed by atoms with van der Waals surface area (Å²) in [5, 5.41) is 16.1. The summed E-state index contributed by atoms with van der Waals surface area (Å²) in [5.74, 6) is -3.49. The van der Waals surface area contributed by atoms with Gasteiger partial charge in [-0.25, -0.2) is 0 Å². The van der Waals surface area contributed by atoms with Crippen LogP contribution in [-0.4, -0.2) is 56.7 Å². The number of alkyl halides is 3. The maximum Gasteiger partial charge on any atom is 0.399 e. The molecule has 45 heavy (non-hydrogen) atoms. The monoisotopic (exact) mass is 618 g/mol. The average Bonchev–Trinajstić information content (AvgIpc) is 3.36. The van der Waals surface area contributed by atoms with Gasteiger partial charge in [-0.1, -0.05) is 60.7 Å². The summed E-state index contributed by atoms with van der Waals surface area (Å²) in [7, 11) is 0. The molecule has 2 aromatic carbocycles. The molecule has 1 fully saturated rings. The van der Waals surface area contributed by atoms with Gasteiger partial charge in [0.25, 0.3) is 0 Å². The third-order valence-corrected chi connectivity index (χ3v) is 8.73. The third-order valence-electron chi connectivity index (χ3n) is 8.73. The van der Waals surface area contributed by atoms with E-state index in [9.17, 15) is 23.1 Å². The van der Waals surface area contributed by atoms with Crippen LogP contribution in [0.5, 0.6) is 0 Å². The van der Waals surface area contributed by atoms with Crippen molar-refractivity contribution < 1.29 is 32.7 Å². The number of piperidine rings is 1. The summed E-state index contributed by atoms with van der Waals surface area (Å²) in [5.41, 5.74) is 1.64. The molecule has 1 aliphatic heterocycles. The summed E-state index contributed by atoms with van der Waals surface area (Å²) in [6, 6.07) is 20.5. The van der Waals surface area contributed by atoms with Gasteiger partial charge in [-0.15, -0.1) is 0 Å². The van der Waals surface area contributed by atoms with Crippen LogP contribution in [0.25, 0.3) is 0 Å². The number of aliphatic hydroxyl groups is 1. The Bertz CT molecular complexity index is 1640. The van der Waals surface area contributed by atoms with Crippen LogP contribution < -0.4 is 4.90 Å². The fourth-order valence-corrected chi connectivity index (χ4v) is 6.63. The standard InChI is InChI=1S/C33H33F3N4O2.CO2/c1-21-17-25(20-37-19-21)39-15-13-22(14-16-39)29-28-26(18-27(41)32(2,42)31(28)33(34,35)36)40(38-29)30(23-9-5-3-6-10-23)24-11-7-4-8-12-24;2-1-3/h3-12,17,19-20,22,30-31,42H,13-16,18H2,1-2H3;. The molecule has 0 saturated carbocycles. The molecule has 4 aromatic rings. The van der Waals surface area contributed by atoms with Gasteiger partial charge in [0, 0.05) is 30.8 Å². The Hall–Kier alpha value is -4.60. The molecular formula is C34H33F3N4O4. The summed E-state index contributed by atoms with van der Waals surface area (Å²) in [4.78, 5) is 35.9. The highest BCUT2D eigenvalue weighted by molar-refractivity contribution is 5.92. The number of halogens is 3. The first-order valence-corrected chi connectivity index (χ1v) is 14.7. The lowest BCUT2D eigenvalue weighted by molar-refractivity contribution is -0.198. The van der Waals surface area contributed by atoms with E-state index in [4.69, 9.17) is 14.7 Å². The first kappa shape index (κ1) is 31.8. The van der Waals surface area contributed by atoms with Gasteiger partial charge in [-0.2, -0.15) is 27.9 Å². The zero-order valence-corrected chi connectivity index (χ0v) is 24.9. The molecule has 0 spiro atoms. The lowest BCUT2D eigenvalue weighted by atomic mass is 9.71. The number of ketones is 1. The Kier molecular flexibility index (Phi) is 9.04. The van der Waals surface area contributed by atoms with Gasteiger partial charge in [0.15, 0.2) is 5.78 Å². The van der Waals surface area contributed by atoms with Crippen molar-refractivity contribution in [2.75, 3.05) is 18.0 Å². The molecule has 3 heterocycles. The fourth-order valence-electron chi connectivity index (χ4n) is 6.63. The number of hydrogen-bond acceptors (Lipinski definition) is 7. The molecule has 6 rings (SSSR count). The fraction of sp³-hybridized carbons (Fsp3) is 0.353. The van der Waals surface area contributed by atoms with Crippen molar-refractivity contribution in [3.8, 4) is 0 Å². The van der Waals surface area contributed by atoms with Crippen molar-refractivity contribution in [2.24, 2.45) is 0 Å². The van der Waals surface area contributed by atoms with Gasteiger partial charge >= 0.3 is 12.3 Å². The van der Waals surface area contributed by atoms with Crippen molar-refractivity contribution >= 4 is 17.6 Å². The molecule has 1 aliphatic carbocycles. The van der Waals surface area contributed by atoms with Crippen molar-refractivity contribution in [1.29, 1.82) is 0 Å². The van der Waals surface area contributed by atoms with Crippen molar-refractivity contribution in [2.45, 2.75) is 62.8 Å². The molecule has 0 amide bonds. The SMILES string of the molecule is Cc1cncc(N2CCC(c3nn(C(c4ccccc4)c4ccccc4)c4c3C(C(F)(F)F)C(C)(O)C(=O)C4)CC2)c1.O=C=O. The van der Waals surface area contributed by atoms with Gasteiger partial charge in [-0.3, -0.25) is 14.5 Å². The van der Waals surface area contributed by atoms with Crippen molar-refractivity contribution in [1.82, 2.24) is 14.8 Å². The third kappa shape index (κ3) is 6.32. The second-order valence-corrected chi connectivity index (χ2v) is 11.7. The Morgan fingerprint density at radius 3 is 2.04 bits per heavy atom. The van der Waals surface area contributed by atoms with Crippen LogP contribution in [0.1, 0.15) is 71.3 Å². The summed E-state index contributed by atoms with van der Waals surface area (Å²) >= 11 is 0. The second-order valence-electron chi connectivity index (χ2n) is 11.7. The quantitative estimate of drug-likeness (QED) is 0.313. The van der Waals surface area contributed by atoms with E-state index >= 15 is 0 Å². The molecule has 2 unspecified atom stereocenters. The molecule has 0 bridgehead atoms. The van der Waals surface area contributed by atoms with Crippen molar-refractivity contribution in [3.05, 3.63) is 113 Å².